The summed E-state index contributed by atoms with van der Waals surface area (Å²) in [6.07, 6.45) is 3.05. The number of rotatable bonds is 5. The van der Waals surface area contributed by atoms with Crippen molar-refractivity contribution in [1.82, 2.24) is 9.29 Å². The van der Waals surface area contributed by atoms with Crippen molar-refractivity contribution in [3.05, 3.63) is 53.1 Å². The number of amides is 1. The van der Waals surface area contributed by atoms with Crippen molar-refractivity contribution in [2.75, 3.05) is 18.4 Å². The second-order valence-corrected chi connectivity index (χ2v) is 10.7. The number of thiazole rings is 1. The van der Waals surface area contributed by atoms with E-state index >= 15 is 0 Å². The van der Waals surface area contributed by atoms with Crippen LogP contribution in [0.3, 0.4) is 0 Å². The summed E-state index contributed by atoms with van der Waals surface area (Å²) in [5.41, 5.74) is 3.93. The van der Waals surface area contributed by atoms with Crippen LogP contribution in [0.2, 0.25) is 0 Å². The number of sulfonamides is 1. The molecule has 3 aromatic rings. The van der Waals surface area contributed by atoms with Gasteiger partial charge in [0.05, 0.1) is 21.5 Å². The van der Waals surface area contributed by atoms with Gasteiger partial charge in [-0.1, -0.05) is 36.0 Å². The van der Waals surface area contributed by atoms with Crippen molar-refractivity contribution in [3.63, 3.8) is 0 Å². The fourth-order valence-corrected chi connectivity index (χ4v) is 6.38. The monoisotopic (exact) mass is 443 g/mol. The third kappa shape index (κ3) is 4.40. The molecule has 0 saturated carbocycles. The highest BCUT2D eigenvalue weighted by molar-refractivity contribution is 7.89. The van der Waals surface area contributed by atoms with E-state index in [2.05, 4.69) is 22.4 Å². The molecule has 1 N–H and O–H groups in total. The molecule has 2 heterocycles. The summed E-state index contributed by atoms with van der Waals surface area (Å²) in [5, 5.41) is 3.44. The number of carbonyl (C=O) groups excluding carboxylic acids is 1. The molecule has 0 aliphatic carbocycles. The summed E-state index contributed by atoms with van der Waals surface area (Å²) in [6, 6.07) is 10.8. The summed E-state index contributed by atoms with van der Waals surface area (Å²) in [6.45, 7) is 5.21. The van der Waals surface area contributed by atoms with Crippen molar-refractivity contribution in [3.8, 4) is 0 Å². The molecule has 1 aromatic heterocycles. The molecule has 0 bridgehead atoms. The van der Waals surface area contributed by atoms with E-state index in [4.69, 9.17) is 0 Å². The van der Waals surface area contributed by atoms with Crippen molar-refractivity contribution >= 4 is 42.6 Å². The first-order valence-electron chi connectivity index (χ1n) is 10.1. The zero-order chi connectivity index (χ0) is 21.3. The van der Waals surface area contributed by atoms with Crippen LogP contribution in [0.1, 0.15) is 36.0 Å². The van der Waals surface area contributed by atoms with Crippen LogP contribution in [0.4, 0.5) is 5.13 Å². The Morgan fingerprint density at radius 2 is 1.80 bits per heavy atom. The van der Waals surface area contributed by atoms with E-state index in [0.29, 0.717) is 18.2 Å². The number of hydrogen-bond donors (Lipinski definition) is 1. The zero-order valence-electron chi connectivity index (χ0n) is 17.1. The molecule has 1 saturated heterocycles. The van der Waals surface area contributed by atoms with Gasteiger partial charge in [0.15, 0.2) is 5.13 Å². The molecular formula is C22H25N3O3S2. The Balaban J connectivity index is 1.43. The third-order valence-corrected chi connectivity index (χ3v) is 8.15. The summed E-state index contributed by atoms with van der Waals surface area (Å²) < 4.78 is 28.1. The van der Waals surface area contributed by atoms with E-state index in [-0.39, 0.29) is 17.2 Å². The minimum atomic E-state index is -3.45. The van der Waals surface area contributed by atoms with Gasteiger partial charge < -0.3 is 5.32 Å². The first-order chi connectivity index (χ1) is 14.3. The number of aryl methyl sites for hydroxylation is 2. The maximum absolute atomic E-state index is 12.7. The molecule has 8 heteroatoms. The summed E-state index contributed by atoms with van der Waals surface area (Å²) >= 11 is 1.46. The van der Waals surface area contributed by atoms with E-state index in [9.17, 15) is 13.2 Å². The first-order valence-corrected chi connectivity index (χ1v) is 12.4. The number of aromatic nitrogens is 1. The molecule has 158 valence electrons. The number of hydrogen-bond acceptors (Lipinski definition) is 5. The molecule has 1 amide bonds. The summed E-state index contributed by atoms with van der Waals surface area (Å²) in [5.74, 6) is -0.171. The highest BCUT2D eigenvalue weighted by Gasteiger charge is 2.25. The summed E-state index contributed by atoms with van der Waals surface area (Å²) in [7, 11) is -3.45. The lowest BCUT2D eigenvalue weighted by molar-refractivity contribution is -0.115. The lowest BCUT2D eigenvalue weighted by Gasteiger charge is -2.25. The van der Waals surface area contributed by atoms with Gasteiger partial charge >= 0.3 is 0 Å². The van der Waals surface area contributed by atoms with Crippen molar-refractivity contribution in [1.29, 1.82) is 0 Å². The van der Waals surface area contributed by atoms with Gasteiger partial charge in [0.25, 0.3) is 0 Å². The second kappa shape index (κ2) is 8.45. The molecule has 1 fully saturated rings. The lowest BCUT2D eigenvalue weighted by Crippen LogP contribution is -2.35. The van der Waals surface area contributed by atoms with Crippen LogP contribution >= 0.6 is 11.3 Å². The molecule has 0 atom stereocenters. The maximum Gasteiger partial charge on any atom is 0.243 e. The standard InChI is InChI=1S/C22H25N3O3S2/c1-15-12-16(2)21-19(13-15)29-22(24-21)23-20(26)14-17-6-8-18(9-7-17)30(27,28)25-10-4-3-5-11-25/h6-9,12-13H,3-5,10-11,14H2,1-2H3,(H,23,24,26). The molecule has 0 spiro atoms. The Hall–Kier alpha value is -2.29. The van der Waals surface area contributed by atoms with Gasteiger partial charge in [-0.25, -0.2) is 13.4 Å². The highest BCUT2D eigenvalue weighted by atomic mass is 32.2. The SMILES string of the molecule is Cc1cc(C)c2nc(NC(=O)Cc3ccc(S(=O)(=O)N4CCCCC4)cc3)sc2c1. The molecule has 2 aromatic carbocycles. The van der Waals surface area contributed by atoms with Gasteiger partial charge in [0.1, 0.15) is 0 Å². The minimum Gasteiger partial charge on any atom is -0.302 e. The third-order valence-electron chi connectivity index (χ3n) is 5.32. The van der Waals surface area contributed by atoms with E-state index in [1.807, 2.05) is 13.8 Å². The average molecular weight is 444 g/mol. The Morgan fingerprint density at radius 1 is 1.10 bits per heavy atom. The van der Waals surface area contributed by atoms with E-state index < -0.39 is 10.0 Å². The maximum atomic E-state index is 12.7. The van der Waals surface area contributed by atoms with Crippen LogP contribution in [0.25, 0.3) is 10.2 Å². The van der Waals surface area contributed by atoms with Crippen LogP contribution in [-0.4, -0.2) is 36.7 Å². The second-order valence-electron chi connectivity index (χ2n) is 7.78. The van der Waals surface area contributed by atoms with Crippen molar-refractivity contribution in [2.45, 2.75) is 44.4 Å². The number of benzene rings is 2. The smallest absolute Gasteiger partial charge is 0.243 e. The fraction of sp³-hybridized carbons (Fsp3) is 0.364. The predicted molar refractivity (Wildman–Crippen MR) is 120 cm³/mol. The molecular weight excluding hydrogens is 418 g/mol. The largest absolute Gasteiger partial charge is 0.302 e. The predicted octanol–water partition coefficient (Wildman–Crippen LogP) is 4.27. The average Bonchev–Trinajstić information content (AvgIpc) is 3.11. The quantitative estimate of drug-likeness (QED) is 0.639. The molecule has 1 aliphatic rings. The number of piperidine rings is 1. The highest BCUT2D eigenvalue weighted by Crippen LogP contribution is 2.29. The minimum absolute atomic E-state index is 0.165. The van der Waals surface area contributed by atoms with Crippen LogP contribution in [0.5, 0.6) is 0 Å². The zero-order valence-corrected chi connectivity index (χ0v) is 18.8. The van der Waals surface area contributed by atoms with Gasteiger partial charge in [0.2, 0.25) is 15.9 Å². The van der Waals surface area contributed by atoms with Gasteiger partial charge in [-0.2, -0.15) is 4.31 Å². The first kappa shape index (κ1) is 21.0. The lowest BCUT2D eigenvalue weighted by atomic mass is 10.1. The summed E-state index contributed by atoms with van der Waals surface area (Å²) in [4.78, 5) is 17.3. The Labute approximate surface area is 181 Å². The molecule has 1 aliphatic heterocycles. The van der Waals surface area contributed by atoms with E-state index in [0.717, 1.165) is 40.6 Å². The van der Waals surface area contributed by atoms with Crippen LogP contribution in [0.15, 0.2) is 41.3 Å². The van der Waals surface area contributed by atoms with Gasteiger partial charge in [-0.15, -0.1) is 0 Å². The Kier molecular flexibility index (Phi) is 5.90. The van der Waals surface area contributed by atoms with Crippen molar-refractivity contribution in [2.24, 2.45) is 0 Å². The van der Waals surface area contributed by atoms with Gasteiger partial charge in [-0.05, 0) is 61.6 Å². The fourth-order valence-electron chi connectivity index (χ4n) is 3.81. The Morgan fingerprint density at radius 3 is 2.50 bits per heavy atom. The van der Waals surface area contributed by atoms with E-state index in [1.165, 1.54) is 16.9 Å². The van der Waals surface area contributed by atoms with Crippen LogP contribution in [-0.2, 0) is 21.2 Å². The molecule has 30 heavy (non-hydrogen) atoms. The molecule has 4 rings (SSSR count). The number of nitrogens with zero attached hydrogens (tertiary/aromatic N) is 2. The number of anilines is 1. The molecule has 6 nitrogen and oxygen atoms in total. The topological polar surface area (TPSA) is 79.4 Å². The Bertz CT molecular complexity index is 1180. The van der Waals surface area contributed by atoms with Crippen LogP contribution in [0, 0.1) is 13.8 Å². The van der Waals surface area contributed by atoms with E-state index in [1.54, 1.807) is 28.6 Å². The molecule has 0 radical (unpaired) electrons. The van der Waals surface area contributed by atoms with Crippen molar-refractivity contribution < 1.29 is 13.2 Å². The van der Waals surface area contributed by atoms with Gasteiger partial charge in [-0.3, -0.25) is 4.79 Å². The molecule has 0 unspecified atom stereocenters. The van der Waals surface area contributed by atoms with Crippen LogP contribution < -0.4 is 5.32 Å². The number of carbonyl (C=O) groups is 1. The normalized spacial score (nSPS) is 15.4. The van der Waals surface area contributed by atoms with Gasteiger partial charge in [0, 0.05) is 13.1 Å². The number of nitrogens with one attached hydrogen (secondary N) is 1. The number of fused-ring (bicyclic) bond motifs is 1.